The van der Waals surface area contributed by atoms with Crippen molar-refractivity contribution >= 4 is 11.6 Å². The van der Waals surface area contributed by atoms with Crippen LogP contribution in [0.4, 0.5) is 0 Å². The zero-order valence-corrected chi connectivity index (χ0v) is 6.69. The van der Waals surface area contributed by atoms with Gasteiger partial charge in [0, 0.05) is 11.9 Å². The van der Waals surface area contributed by atoms with Gasteiger partial charge < -0.3 is 0 Å². The van der Waals surface area contributed by atoms with Crippen LogP contribution in [0.3, 0.4) is 0 Å². The number of rotatable bonds is 2. The van der Waals surface area contributed by atoms with Crippen LogP contribution in [0.25, 0.3) is 0 Å². The Morgan fingerprint density at radius 1 is 1.44 bits per heavy atom. The van der Waals surface area contributed by atoms with Gasteiger partial charge in [-0.25, -0.2) is 0 Å². The molecule has 2 heteroatoms. The van der Waals surface area contributed by atoms with Crippen LogP contribution >= 0.6 is 11.6 Å². The van der Waals surface area contributed by atoms with Crippen LogP contribution in [0, 0.1) is 0 Å². The minimum absolute atomic E-state index is 0.592. The first-order chi connectivity index (χ1) is 4.34. The first-order valence-electron chi connectivity index (χ1n) is 3.64. The Hall–Kier alpha value is 0.250. The lowest BCUT2D eigenvalue weighted by Crippen LogP contribution is -2.31. The lowest BCUT2D eigenvalue weighted by Gasteiger charge is -2.20. The summed E-state index contributed by atoms with van der Waals surface area (Å²) in [5.74, 6) is 0.778. The molecule has 0 aromatic carbocycles. The lowest BCUT2D eigenvalue weighted by atomic mass is 10.3. The highest BCUT2D eigenvalue weighted by molar-refractivity contribution is 6.18. The number of nitrogens with zero attached hydrogens (tertiary/aromatic N) is 1. The standard InChI is InChI=1S/C7H14ClN/c1-7(6-8)9-4-2-3-5-9/h7H,2-6H2,1H3/t7-/m1/s1. The monoisotopic (exact) mass is 147 g/mol. The van der Waals surface area contributed by atoms with Crippen molar-refractivity contribution in [1.82, 2.24) is 4.90 Å². The molecule has 0 N–H and O–H groups in total. The Morgan fingerprint density at radius 2 is 2.00 bits per heavy atom. The molecule has 0 aliphatic carbocycles. The van der Waals surface area contributed by atoms with Crippen LogP contribution in [0.1, 0.15) is 19.8 Å². The van der Waals surface area contributed by atoms with Crippen molar-refractivity contribution in [3.63, 3.8) is 0 Å². The van der Waals surface area contributed by atoms with Crippen LogP contribution < -0.4 is 0 Å². The van der Waals surface area contributed by atoms with Crippen molar-refractivity contribution in [3.05, 3.63) is 0 Å². The summed E-state index contributed by atoms with van der Waals surface area (Å²) in [4.78, 5) is 2.45. The summed E-state index contributed by atoms with van der Waals surface area (Å²) in [6.07, 6.45) is 2.72. The van der Waals surface area contributed by atoms with E-state index in [4.69, 9.17) is 11.6 Å². The molecule has 9 heavy (non-hydrogen) atoms. The van der Waals surface area contributed by atoms with Gasteiger partial charge in [0.25, 0.3) is 0 Å². The first-order valence-corrected chi connectivity index (χ1v) is 4.18. The van der Waals surface area contributed by atoms with Gasteiger partial charge in [-0.3, -0.25) is 4.90 Å². The highest BCUT2D eigenvalue weighted by Gasteiger charge is 2.16. The fourth-order valence-electron chi connectivity index (χ4n) is 1.28. The summed E-state index contributed by atoms with van der Waals surface area (Å²) in [5, 5.41) is 0. The predicted octanol–water partition coefficient (Wildman–Crippen LogP) is 1.71. The van der Waals surface area contributed by atoms with Gasteiger partial charge in [0.05, 0.1) is 0 Å². The maximum Gasteiger partial charge on any atom is 0.0376 e. The van der Waals surface area contributed by atoms with Gasteiger partial charge in [-0.15, -0.1) is 11.6 Å². The van der Waals surface area contributed by atoms with Crippen LogP contribution in [0.15, 0.2) is 0 Å². The van der Waals surface area contributed by atoms with Crippen molar-refractivity contribution in [2.75, 3.05) is 19.0 Å². The maximum absolute atomic E-state index is 5.69. The summed E-state index contributed by atoms with van der Waals surface area (Å²) in [5.41, 5.74) is 0. The Balaban J connectivity index is 2.24. The number of hydrogen-bond acceptors (Lipinski definition) is 1. The molecule has 1 aliphatic rings. The molecule has 1 atom stereocenters. The molecule has 0 spiro atoms. The van der Waals surface area contributed by atoms with Gasteiger partial charge in [0.15, 0.2) is 0 Å². The number of hydrogen-bond donors (Lipinski definition) is 0. The number of halogens is 1. The summed E-state index contributed by atoms with van der Waals surface area (Å²) < 4.78 is 0. The van der Waals surface area contributed by atoms with E-state index in [9.17, 15) is 0 Å². The summed E-state index contributed by atoms with van der Waals surface area (Å²) in [6.45, 7) is 4.71. The number of alkyl halides is 1. The third-order valence-electron chi connectivity index (χ3n) is 1.99. The summed E-state index contributed by atoms with van der Waals surface area (Å²) in [7, 11) is 0. The van der Waals surface area contributed by atoms with Crippen molar-refractivity contribution in [2.45, 2.75) is 25.8 Å². The molecule has 0 radical (unpaired) electrons. The molecule has 0 amide bonds. The minimum atomic E-state index is 0.592. The molecule has 0 saturated carbocycles. The van der Waals surface area contributed by atoms with Gasteiger partial charge in [0.1, 0.15) is 0 Å². The van der Waals surface area contributed by atoms with Gasteiger partial charge in [-0.05, 0) is 32.9 Å². The van der Waals surface area contributed by atoms with E-state index in [0.29, 0.717) is 6.04 Å². The average molecular weight is 148 g/mol. The van der Waals surface area contributed by atoms with Gasteiger partial charge >= 0.3 is 0 Å². The SMILES string of the molecule is C[C@H](CCl)N1CCCC1. The zero-order valence-electron chi connectivity index (χ0n) is 5.94. The Kier molecular flexibility index (Phi) is 2.80. The maximum atomic E-state index is 5.69. The van der Waals surface area contributed by atoms with E-state index in [1.807, 2.05) is 0 Å². The van der Waals surface area contributed by atoms with E-state index >= 15 is 0 Å². The second-order valence-corrected chi connectivity index (χ2v) is 3.06. The van der Waals surface area contributed by atoms with Crippen LogP contribution in [0.5, 0.6) is 0 Å². The van der Waals surface area contributed by atoms with E-state index in [-0.39, 0.29) is 0 Å². The Morgan fingerprint density at radius 3 is 2.44 bits per heavy atom. The smallest absolute Gasteiger partial charge is 0.0376 e. The van der Waals surface area contributed by atoms with Crippen LogP contribution in [-0.2, 0) is 0 Å². The molecule has 1 rings (SSSR count). The van der Waals surface area contributed by atoms with E-state index < -0.39 is 0 Å². The molecular formula is C7H14ClN. The second kappa shape index (κ2) is 3.43. The fraction of sp³-hybridized carbons (Fsp3) is 1.00. The van der Waals surface area contributed by atoms with Crippen molar-refractivity contribution in [1.29, 1.82) is 0 Å². The molecule has 0 aromatic heterocycles. The molecule has 0 unspecified atom stereocenters. The van der Waals surface area contributed by atoms with Gasteiger partial charge in [-0.1, -0.05) is 0 Å². The first kappa shape index (κ1) is 7.36. The predicted molar refractivity (Wildman–Crippen MR) is 41.0 cm³/mol. The molecule has 1 nitrogen and oxygen atoms in total. The summed E-state index contributed by atoms with van der Waals surface area (Å²) >= 11 is 5.69. The third kappa shape index (κ3) is 1.84. The van der Waals surface area contributed by atoms with Crippen LogP contribution in [-0.4, -0.2) is 29.9 Å². The van der Waals surface area contributed by atoms with Gasteiger partial charge in [0.2, 0.25) is 0 Å². The Bertz CT molecular complexity index is 79.0. The van der Waals surface area contributed by atoms with E-state index in [2.05, 4.69) is 11.8 Å². The second-order valence-electron chi connectivity index (χ2n) is 2.75. The van der Waals surface area contributed by atoms with Crippen molar-refractivity contribution < 1.29 is 0 Å². The van der Waals surface area contributed by atoms with E-state index in [0.717, 1.165) is 5.88 Å². The molecule has 1 aliphatic heterocycles. The third-order valence-corrected chi connectivity index (χ3v) is 2.43. The molecule has 1 saturated heterocycles. The highest BCUT2D eigenvalue weighted by Crippen LogP contribution is 2.11. The number of likely N-dealkylation sites (tertiary alicyclic amines) is 1. The Labute approximate surface area is 62.0 Å². The molecule has 1 fully saturated rings. The van der Waals surface area contributed by atoms with E-state index in [1.54, 1.807) is 0 Å². The van der Waals surface area contributed by atoms with E-state index in [1.165, 1.54) is 25.9 Å². The van der Waals surface area contributed by atoms with Gasteiger partial charge in [-0.2, -0.15) is 0 Å². The average Bonchev–Trinajstić information content (AvgIpc) is 2.37. The zero-order chi connectivity index (χ0) is 6.69. The molecule has 0 bridgehead atoms. The molecule has 1 heterocycles. The summed E-state index contributed by atoms with van der Waals surface area (Å²) in [6, 6.07) is 0.592. The van der Waals surface area contributed by atoms with Crippen LogP contribution in [0.2, 0.25) is 0 Å². The topological polar surface area (TPSA) is 3.24 Å². The minimum Gasteiger partial charge on any atom is -0.299 e. The fourth-order valence-corrected chi connectivity index (χ4v) is 1.48. The molecule has 54 valence electrons. The molecule has 0 aromatic rings. The quantitative estimate of drug-likeness (QED) is 0.538. The van der Waals surface area contributed by atoms with Crippen molar-refractivity contribution in [3.8, 4) is 0 Å². The molecular weight excluding hydrogens is 134 g/mol. The van der Waals surface area contributed by atoms with Crippen molar-refractivity contribution in [2.24, 2.45) is 0 Å². The normalized spacial score (nSPS) is 24.7. The highest BCUT2D eigenvalue weighted by atomic mass is 35.5. The largest absolute Gasteiger partial charge is 0.299 e. The lowest BCUT2D eigenvalue weighted by molar-refractivity contribution is 0.279.